The first-order valence-corrected chi connectivity index (χ1v) is 6.87. The zero-order valence-electron chi connectivity index (χ0n) is 12.5. The van der Waals surface area contributed by atoms with Crippen LogP contribution < -0.4 is 4.74 Å². The van der Waals surface area contributed by atoms with E-state index in [9.17, 15) is 0 Å². The average molecular weight is 283 g/mol. The largest absolute Gasteiger partial charge is 0.475 e. The summed E-state index contributed by atoms with van der Waals surface area (Å²) in [5.74, 6) is 1.38. The highest BCUT2D eigenvalue weighted by Gasteiger charge is 2.10. The summed E-state index contributed by atoms with van der Waals surface area (Å²) in [6.45, 7) is 7.84. The molecule has 6 nitrogen and oxygen atoms in total. The van der Waals surface area contributed by atoms with Crippen LogP contribution in [0.3, 0.4) is 0 Å². The predicted molar refractivity (Wildman–Crippen MR) is 79.3 cm³/mol. The second-order valence-electron chi connectivity index (χ2n) is 5.24. The molecule has 21 heavy (non-hydrogen) atoms. The molecule has 0 fully saturated rings. The van der Waals surface area contributed by atoms with Crippen molar-refractivity contribution in [1.82, 2.24) is 24.8 Å². The Balaban J connectivity index is 2.03. The van der Waals surface area contributed by atoms with Gasteiger partial charge in [-0.3, -0.25) is 0 Å². The lowest BCUT2D eigenvalue weighted by Crippen LogP contribution is -2.06. The molecule has 0 aliphatic rings. The van der Waals surface area contributed by atoms with Crippen LogP contribution in [-0.2, 0) is 0 Å². The van der Waals surface area contributed by atoms with Gasteiger partial charge in [-0.1, -0.05) is 0 Å². The highest BCUT2D eigenvalue weighted by Crippen LogP contribution is 2.23. The maximum absolute atomic E-state index is 5.56. The van der Waals surface area contributed by atoms with Crippen LogP contribution >= 0.6 is 0 Å². The van der Waals surface area contributed by atoms with E-state index in [1.165, 1.54) is 0 Å². The molecule has 3 rings (SSSR count). The number of hydrogen-bond acceptors (Lipinski definition) is 5. The molecule has 0 saturated carbocycles. The number of aromatic nitrogens is 5. The zero-order chi connectivity index (χ0) is 15.0. The summed E-state index contributed by atoms with van der Waals surface area (Å²) in [6.07, 6.45) is 1.89. The van der Waals surface area contributed by atoms with Crippen LogP contribution in [0.1, 0.15) is 25.2 Å². The van der Waals surface area contributed by atoms with Crippen LogP contribution in [0.25, 0.3) is 16.9 Å². The third kappa shape index (κ3) is 2.56. The molecule has 6 heteroatoms. The van der Waals surface area contributed by atoms with Crippen LogP contribution in [0.5, 0.6) is 5.88 Å². The Morgan fingerprint density at radius 3 is 2.62 bits per heavy atom. The predicted octanol–water partition coefficient (Wildman–Crippen LogP) is 2.59. The van der Waals surface area contributed by atoms with Gasteiger partial charge in [-0.15, -0.1) is 10.2 Å². The average Bonchev–Trinajstić information content (AvgIpc) is 2.79. The lowest BCUT2D eigenvalue weighted by molar-refractivity contribution is 0.232. The summed E-state index contributed by atoms with van der Waals surface area (Å²) in [5.41, 5.74) is 3.60. The van der Waals surface area contributed by atoms with E-state index >= 15 is 0 Å². The molecule has 3 aromatic rings. The maximum atomic E-state index is 5.56. The number of ether oxygens (including phenoxy) is 1. The van der Waals surface area contributed by atoms with Crippen LogP contribution in [-0.4, -0.2) is 30.9 Å². The van der Waals surface area contributed by atoms with Crippen molar-refractivity contribution in [2.45, 2.75) is 33.8 Å². The molecule has 3 heterocycles. The molecule has 0 atom stereocenters. The minimum atomic E-state index is 0.110. The monoisotopic (exact) mass is 283 g/mol. The standard InChI is InChI=1S/C15H17N5O/c1-9(2)21-14-6-5-12(8-16-14)15-10(3)7-13-18-17-11(4)20(13)19-15/h5-9H,1-4H3. The Morgan fingerprint density at radius 1 is 1.14 bits per heavy atom. The van der Waals surface area contributed by atoms with Crippen LogP contribution in [0.4, 0.5) is 0 Å². The highest BCUT2D eigenvalue weighted by atomic mass is 16.5. The summed E-state index contributed by atoms with van der Waals surface area (Å²) in [7, 11) is 0. The highest BCUT2D eigenvalue weighted by molar-refractivity contribution is 5.63. The van der Waals surface area contributed by atoms with E-state index in [1.807, 2.05) is 45.9 Å². The molecule has 0 amide bonds. The van der Waals surface area contributed by atoms with Crippen molar-refractivity contribution >= 4 is 5.65 Å². The van der Waals surface area contributed by atoms with Gasteiger partial charge in [0.2, 0.25) is 5.88 Å². The minimum absolute atomic E-state index is 0.110. The number of fused-ring (bicyclic) bond motifs is 1. The van der Waals surface area contributed by atoms with Gasteiger partial charge in [-0.05, 0) is 45.4 Å². The minimum Gasteiger partial charge on any atom is -0.475 e. The van der Waals surface area contributed by atoms with Gasteiger partial charge in [0, 0.05) is 17.8 Å². The summed E-state index contributed by atoms with van der Waals surface area (Å²) >= 11 is 0. The van der Waals surface area contributed by atoms with Gasteiger partial charge in [0.05, 0.1) is 11.8 Å². The van der Waals surface area contributed by atoms with Crippen molar-refractivity contribution < 1.29 is 4.74 Å². The number of pyridine rings is 1. The van der Waals surface area contributed by atoms with Crippen molar-refractivity contribution in [1.29, 1.82) is 0 Å². The van der Waals surface area contributed by atoms with Crippen molar-refractivity contribution in [2.75, 3.05) is 0 Å². The van der Waals surface area contributed by atoms with Gasteiger partial charge in [-0.2, -0.15) is 9.61 Å². The van der Waals surface area contributed by atoms with Crippen LogP contribution in [0.15, 0.2) is 24.4 Å². The number of hydrogen-bond donors (Lipinski definition) is 0. The Kier molecular flexibility index (Phi) is 3.29. The van der Waals surface area contributed by atoms with E-state index < -0.39 is 0 Å². The molecule has 3 aromatic heterocycles. The SMILES string of the molecule is Cc1cc2nnc(C)n2nc1-c1ccc(OC(C)C)nc1. The van der Waals surface area contributed by atoms with Gasteiger partial charge in [-0.25, -0.2) is 4.98 Å². The Bertz CT molecular complexity index is 777. The van der Waals surface area contributed by atoms with Crippen LogP contribution in [0, 0.1) is 13.8 Å². The Morgan fingerprint density at radius 2 is 1.95 bits per heavy atom. The molecule has 0 radical (unpaired) electrons. The fraction of sp³-hybridized carbons (Fsp3) is 0.333. The van der Waals surface area contributed by atoms with E-state index in [4.69, 9.17) is 4.74 Å². The van der Waals surface area contributed by atoms with Crippen molar-refractivity contribution in [3.05, 3.63) is 35.8 Å². The van der Waals surface area contributed by atoms with Crippen molar-refractivity contribution in [3.8, 4) is 17.1 Å². The molecule has 0 unspecified atom stereocenters. The second-order valence-corrected chi connectivity index (χ2v) is 5.24. The second kappa shape index (κ2) is 5.12. The van der Waals surface area contributed by atoms with E-state index in [2.05, 4.69) is 20.3 Å². The van der Waals surface area contributed by atoms with E-state index in [1.54, 1.807) is 10.7 Å². The molecule has 0 aliphatic heterocycles. The quantitative estimate of drug-likeness (QED) is 0.739. The summed E-state index contributed by atoms with van der Waals surface area (Å²) in [4.78, 5) is 4.32. The molecule has 0 N–H and O–H groups in total. The van der Waals surface area contributed by atoms with Crippen molar-refractivity contribution in [2.24, 2.45) is 0 Å². The number of aryl methyl sites for hydroxylation is 2. The first-order chi connectivity index (χ1) is 10.0. The zero-order valence-corrected chi connectivity index (χ0v) is 12.5. The lowest BCUT2D eigenvalue weighted by Gasteiger charge is -2.10. The topological polar surface area (TPSA) is 65.2 Å². The lowest BCUT2D eigenvalue weighted by atomic mass is 10.1. The Hall–Kier alpha value is -2.50. The summed E-state index contributed by atoms with van der Waals surface area (Å²) in [5, 5.41) is 12.7. The first-order valence-electron chi connectivity index (χ1n) is 6.87. The van der Waals surface area contributed by atoms with Gasteiger partial charge in [0.15, 0.2) is 11.5 Å². The van der Waals surface area contributed by atoms with Crippen LogP contribution in [0.2, 0.25) is 0 Å². The van der Waals surface area contributed by atoms with Crippen molar-refractivity contribution in [3.63, 3.8) is 0 Å². The first kappa shape index (κ1) is 13.5. The molecule has 0 saturated heterocycles. The maximum Gasteiger partial charge on any atom is 0.213 e. The molecule has 0 aliphatic carbocycles. The number of rotatable bonds is 3. The fourth-order valence-corrected chi connectivity index (χ4v) is 2.15. The smallest absolute Gasteiger partial charge is 0.213 e. The third-order valence-corrected chi connectivity index (χ3v) is 3.11. The Labute approximate surface area is 122 Å². The summed E-state index contributed by atoms with van der Waals surface area (Å²) in [6, 6.07) is 5.80. The fourth-order valence-electron chi connectivity index (χ4n) is 2.15. The van der Waals surface area contributed by atoms with Gasteiger partial charge in [0.1, 0.15) is 0 Å². The number of nitrogens with zero attached hydrogens (tertiary/aromatic N) is 5. The van der Waals surface area contributed by atoms with Gasteiger partial charge >= 0.3 is 0 Å². The van der Waals surface area contributed by atoms with Gasteiger partial charge < -0.3 is 4.74 Å². The third-order valence-electron chi connectivity index (χ3n) is 3.11. The van der Waals surface area contributed by atoms with Gasteiger partial charge in [0.25, 0.3) is 0 Å². The summed E-state index contributed by atoms with van der Waals surface area (Å²) < 4.78 is 7.29. The van der Waals surface area contributed by atoms with E-state index in [-0.39, 0.29) is 6.10 Å². The molecule has 108 valence electrons. The normalized spacial score (nSPS) is 11.3. The molecular weight excluding hydrogens is 266 g/mol. The molecular formula is C15H17N5O. The van der Waals surface area contributed by atoms with E-state index in [0.717, 1.165) is 28.3 Å². The molecule has 0 aromatic carbocycles. The molecule has 0 spiro atoms. The van der Waals surface area contributed by atoms with E-state index in [0.29, 0.717) is 5.88 Å². The molecule has 0 bridgehead atoms.